The first-order chi connectivity index (χ1) is 13.1. The van der Waals surface area contributed by atoms with E-state index in [0.29, 0.717) is 21.4 Å². The molecule has 0 bridgehead atoms. The number of amides is 1. The van der Waals surface area contributed by atoms with Crippen molar-refractivity contribution in [2.24, 2.45) is 5.10 Å². The van der Waals surface area contributed by atoms with Crippen LogP contribution in [0.3, 0.4) is 0 Å². The van der Waals surface area contributed by atoms with Crippen molar-refractivity contribution in [3.8, 4) is 16.9 Å². The summed E-state index contributed by atoms with van der Waals surface area (Å²) in [5, 5.41) is 4.76. The summed E-state index contributed by atoms with van der Waals surface area (Å²) in [6, 6.07) is 22.7. The van der Waals surface area contributed by atoms with Gasteiger partial charge in [0, 0.05) is 5.56 Å². The molecule has 0 saturated heterocycles. The van der Waals surface area contributed by atoms with Gasteiger partial charge in [-0.1, -0.05) is 71.7 Å². The average Bonchev–Trinajstić information content (AvgIpc) is 2.70. The van der Waals surface area contributed by atoms with Crippen molar-refractivity contribution in [1.29, 1.82) is 0 Å². The highest BCUT2D eigenvalue weighted by atomic mass is 35.5. The van der Waals surface area contributed by atoms with Crippen LogP contribution in [0.5, 0.6) is 5.75 Å². The van der Waals surface area contributed by atoms with Gasteiger partial charge in [0.05, 0.1) is 16.3 Å². The van der Waals surface area contributed by atoms with E-state index in [1.54, 1.807) is 18.2 Å². The first-order valence-electron chi connectivity index (χ1n) is 8.17. The zero-order valence-corrected chi connectivity index (χ0v) is 15.7. The van der Waals surface area contributed by atoms with Gasteiger partial charge in [-0.25, -0.2) is 5.43 Å². The molecule has 1 amide bonds. The summed E-state index contributed by atoms with van der Waals surface area (Å²) < 4.78 is 5.47. The lowest BCUT2D eigenvalue weighted by molar-refractivity contribution is -0.123. The maximum Gasteiger partial charge on any atom is 0.277 e. The van der Waals surface area contributed by atoms with E-state index in [2.05, 4.69) is 10.5 Å². The smallest absolute Gasteiger partial charge is 0.277 e. The maximum atomic E-state index is 11.8. The van der Waals surface area contributed by atoms with Crippen LogP contribution in [0.25, 0.3) is 11.1 Å². The minimum absolute atomic E-state index is 0.154. The molecule has 1 N–H and O–H groups in total. The minimum Gasteiger partial charge on any atom is -0.484 e. The van der Waals surface area contributed by atoms with Crippen molar-refractivity contribution in [3.63, 3.8) is 0 Å². The van der Waals surface area contributed by atoms with Crippen molar-refractivity contribution >= 4 is 35.3 Å². The largest absolute Gasteiger partial charge is 0.484 e. The number of benzene rings is 3. The lowest BCUT2D eigenvalue weighted by atomic mass is 10.1. The number of ether oxygens (including phenoxy) is 1. The molecule has 0 saturated carbocycles. The zero-order chi connectivity index (χ0) is 19.1. The van der Waals surface area contributed by atoms with Crippen LogP contribution in [0, 0.1) is 0 Å². The van der Waals surface area contributed by atoms with E-state index >= 15 is 0 Å². The average molecular weight is 399 g/mol. The Hall–Kier alpha value is -2.82. The molecule has 27 heavy (non-hydrogen) atoms. The third kappa shape index (κ3) is 5.33. The molecule has 0 spiro atoms. The summed E-state index contributed by atoms with van der Waals surface area (Å²) in [4.78, 5) is 11.8. The first-order valence-corrected chi connectivity index (χ1v) is 8.93. The van der Waals surface area contributed by atoms with Crippen LogP contribution in [0.15, 0.2) is 77.9 Å². The maximum absolute atomic E-state index is 11.8. The summed E-state index contributed by atoms with van der Waals surface area (Å²) in [5.74, 6) is 0.213. The number of hydrogen-bond donors (Lipinski definition) is 1. The second kappa shape index (κ2) is 9.21. The Morgan fingerprint density at radius 3 is 2.19 bits per heavy atom. The lowest BCUT2D eigenvalue weighted by Crippen LogP contribution is -2.24. The molecule has 6 heteroatoms. The molecule has 0 fully saturated rings. The third-order valence-corrected chi connectivity index (χ3v) is 4.37. The molecule has 0 atom stereocenters. The SMILES string of the molecule is O=C(COc1ccc(-c2ccccc2)cc1)N/N=C\c1c(Cl)cccc1Cl. The molecule has 0 aromatic heterocycles. The van der Waals surface area contributed by atoms with E-state index in [4.69, 9.17) is 27.9 Å². The highest BCUT2D eigenvalue weighted by Crippen LogP contribution is 2.23. The van der Waals surface area contributed by atoms with Crippen LogP contribution in [0.2, 0.25) is 10.0 Å². The molecule has 0 heterocycles. The minimum atomic E-state index is -0.387. The van der Waals surface area contributed by atoms with Crippen molar-refractivity contribution in [2.45, 2.75) is 0 Å². The standard InChI is InChI=1S/C21H16Cl2N2O2/c22-19-7-4-8-20(23)18(19)13-24-25-21(26)14-27-17-11-9-16(10-12-17)15-5-2-1-3-6-15/h1-13H,14H2,(H,25,26)/b24-13-. The van der Waals surface area contributed by atoms with E-state index in [9.17, 15) is 4.79 Å². The van der Waals surface area contributed by atoms with Gasteiger partial charge < -0.3 is 4.74 Å². The monoisotopic (exact) mass is 398 g/mol. The van der Waals surface area contributed by atoms with Crippen LogP contribution in [-0.4, -0.2) is 18.7 Å². The van der Waals surface area contributed by atoms with Gasteiger partial charge in [-0.3, -0.25) is 4.79 Å². The van der Waals surface area contributed by atoms with Crippen molar-refractivity contribution in [2.75, 3.05) is 6.61 Å². The Bertz CT molecular complexity index is 922. The molecule has 3 aromatic carbocycles. The van der Waals surface area contributed by atoms with E-state index in [0.717, 1.165) is 11.1 Å². The number of hydrogen-bond acceptors (Lipinski definition) is 3. The Labute approximate surface area is 167 Å². The Balaban J connectivity index is 1.51. The molecule has 136 valence electrons. The summed E-state index contributed by atoms with van der Waals surface area (Å²) in [5.41, 5.74) is 5.12. The van der Waals surface area contributed by atoms with Gasteiger partial charge in [-0.2, -0.15) is 5.10 Å². The number of hydrazone groups is 1. The molecule has 4 nitrogen and oxygen atoms in total. The topological polar surface area (TPSA) is 50.7 Å². The molecule has 3 rings (SSSR count). The predicted molar refractivity (Wildman–Crippen MR) is 110 cm³/mol. The van der Waals surface area contributed by atoms with Crippen LogP contribution in [0.4, 0.5) is 0 Å². The third-order valence-electron chi connectivity index (χ3n) is 3.71. The van der Waals surface area contributed by atoms with Gasteiger partial charge in [0.25, 0.3) is 5.91 Å². The van der Waals surface area contributed by atoms with Gasteiger partial charge in [-0.15, -0.1) is 0 Å². The van der Waals surface area contributed by atoms with Gasteiger partial charge in [0.2, 0.25) is 0 Å². The fraction of sp³-hybridized carbons (Fsp3) is 0.0476. The molecule has 0 aliphatic heterocycles. The number of nitrogens with zero attached hydrogens (tertiary/aromatic N) is 1. The summed E-state index contributed by atoms with van der Waals surface area (Å²) in [6.07, 6.45) is 1.40. The number of halogens is 2. The fourth-order valence-corrected chi connectivity index (χ4v) is 2.85. The number of rotatable bonds is 6. The Kier molecular flexibility index (Phi) is 6.47. The summed E-state index contributed by atoms with van der Waals surface area (Å²) in [6.45, 7) is -0.154. The van der Waals surface area contributed by atoms with E-state index < -0.39 is 0 Å². The highest BCUT2D eigenvalue weighted by molar-refractivity contribution is 6.38. The highest BCUT2D eigenvalue weighted by Gasteiger charge is 2.04. The molecule has 0 aliphatic carbocycles. The van der Waals surface area contributed by atoms with Crippen LogP contribution < -0.4 is 10.2 Å². The van der Waals surface area contributed by atoms with Gasteiger partial charge in [0.15, 0.2) is 6.61 Å². The molecular weight excluding hydrogens is 383 g/mol. The second-order valence-corrected chi connectivity index (χ2v) is 6.42. The van der Waals surface area contributed by atoms with Crippen molar-refractivity contribution in [3.05, 3.63) is 88.4 Å². The van der Waals surface area contributed by atoms with Gasteiger partial charge in [0.1, 0.15) is 5.75 Å². The zero-order valence-electron chi connectivity index (χ0n) is 14.2. The number of carbonyl (C=O) groups is 1. The number of nitrogens with one attached hydrogen (secondary N) is 1. The molecule has 0 aliphatic rings. The normalized spacial score (nSPS) is 10.7. The first kappa shape index (κ1) is 19.0. The van der Waals surface area contributed by atoms with Crippen LogP contribution in [0.1, 0.15) is 5.56 Å². The predicted octanol–water partition coefficient (Wildman–Crippen LogP) is 5.19. The molecular formula is C21H16Cl2N2O2. The second-order valence-electron chi connectivity index (χ2n) is 5.61. The molecule has 0 radical (unpaired) electrons. The molecule has 0 unspecified atom stereocenters. The van der Waals surface area contributed by atoms with Gasteiger partial charge >= 0.3 is 0 Å². The van der Waals surface area contributed by atoms with E-state index in [1.165, 1.54) is 6.21 Å². The van der Waals surface area contributed by atoms with Crippen molar-refractivity contribution < 1.29 is 9.53 Å². The fourth-order valence-electron chi connectivity index (χ4n) is 2.36. The van der Waals surface area contributed by atoms with Crippen LogP contribution >= 0.6 is 23.2 Å². The number of carbonyl (C=O) groups excluding carboxylic acids is 1. The van der Waals surface area contributed by atoms with E-state index in [-0.39, 0.29) is 12.5 Å². The van der Waals surface area contributed by atoms with Gasteiger partial charge in [-0.05, 0) is 35.4 Å². The van der Waals surface area contributed by atoms with Crippen molar-refractivity contribution in [1.82, 2.24) is 5.43 Å². The Morgan fingerprint density at radius 1 is 0.889 bits per heavy atom. The van der Waals surface area contributed by atoms with Crippen LogP contribution in [-0.2, 0) is 4.79 Å². The quantitative estimate of drug-likeness (QED) is 0.458. The molecule has 3 aromatic rings. The summed E-state index contributed by atoms with van der Waals surface area (Å²) in [7, 11) is 0. The summed E-state index contributed by atoms with van der Waals surface area (Å²) >= 11 is 12.1. The van der Waals surface area contributed by atoms with E-state index in [1.807, 2.05) is 54.6 Å². The Morgan fingerprint density at radius 2 is 1.52 bits per heavy atom. The lowest BCUT2D eigenvalue weighted by Gasteiger charge is -2.07.